The predicted octanol–water partition coefficient (Wildman–Crippen LogP) is 14.2. The van der Waals surface area contributed by atoms with Gasteiger partial charge in [0.25, 0.3) is 0 Å². The molecule has 0 aliphatic heterocycles. The number of benzene rings is 6. The Balaban J connectivity index is 0.000000189. The molecule has 88 heavy (non-hydrogen) atoms. The van der Waals surface area contributed by atoms with Gasteiger partial charge in [-0.1, -0.05) is 67.7 Å². The Hall–Kier alpha value is -11.5. The van der Waals surface area contributed by atoms with Crippen molar-refractivity contribution in [3.05, 3.63) is 211 Å². The van der Waals surface area contributed by atoms with Crippen molar-refractivity contribution >= 4 is 104 Å². The summed E-state index contributed by atoms with van der Waals surface area (Å²) in [5.74, 6) is 5.01. The monoisotopic (exact) mass is 1200 g/mol. The predicted molar refractivity (Wildman–Crippen MR) is 348 cm³/mol. The van der Waals surface area contributed by atoms with Crippen LogP contribution in [0.25, 0.3) is 0 Å². The van der Waals surface area contributed by atoms with E-state index in [2.05, 4.69) is 92.2 Å². The Morgan fingerprint density at radius 3 is 1.53 bits per heavy atom. The molecule has 3 amide bonds. The number of para-hydroxylation sites is 2. The maximum Gasteiger partial charge on any atom is 0.247 e. The van der Waals surface area contributed by atoms with Gasteiger partial charge in [0.1, 0.15) is 39.6 Å². The molecule has 0 bridgehead atoms. The van der Waals surface area contributed by atoms with E-state index in [-0.39, 0.29) is 17.7 Å². The van der Waals surface area contributed by atoms with Crippen LogP contribution in [0, 0.1) is 27.7 Å². The molecule has 0 saturated heterocycles. The van der Waals surface area contributed by atoms with Crippen LogP contribution < -0.4 is 66.2 Å². The molecule has 0 aliphatic rings. The molecule has 23 heteroatoms. The van der Waals surface area contributed by atoms with E-state index in [9.17, 15) is 14.4 Å². The van der Waals surface area contributed by atoms with Gasteiger partial charge in [-0.25, -0.2) is 15.0 Å². The lowest BCUT2D eigenvalue weighted by Crippen LogP contribution is -2.07. The van der Waals surface area contributed by atoms with E-state index in [1.165, 1.54) is 24.4 Å². The normalized spacial score (nSPS) is 10.1. The number of amides is 3. The topological polar surface area (TPSA) is 271 Å². The number of rotatable bonds is 22. The number of hydrogen-bond acceptors (Lipinski definition) is 19. The van der Waals surface area contributed by atoms with E-state index in [0.29, 0.717) is 97.6 Å². The van der Waals surface area contributed by atoms with E-state index >= 15 is 0 Å². The lowest BCUT2D eigenvalue weighted by molar-refractivity contribution is -0.112. The number of anilines is 13. The number of carbonyl (C=O) groups is 3. The maximum absolute atomic E-state index is 11.5. The Morgan fingerprint density at radius 1 is 0.455 bits per heavy atom. The molecule has 3 aromatic heterocycles. The van der Waals surface area contributed by atoms with E-state index in [1.54, 1.807) is 89.4 Å². The van der Waals surface area contributed by atoms with Gasteiger partial charge >= 0.3 is 0 Å². The Labute approximate surface area is 514 Å². The van der Waals surface area contributed by atoms with Crippen LogP contribution in [0.4, 0.5) is 75.0 Å². The largest absolute Gasteiger partial charge is 0.496 e. The van der Waals surface area contributed by atoms with Crippen molar-refractivity contribution in [2.24, 2.45) is 0 Å². The molecule has 8 N–H and O–H groups in total. The Kier molecular flexibility index (Phi) is 22.9. The van der Waals surface area contributed by atoms with Gasteiger partial charge < -0.3 is 66.2 Å². The maximum atomic E-state index is 11.5. The van der Waals surface area contributed by atoms with Crippen LogP contribution in [0.1, 0.15) is 22.3 Å². The highest BCUT2D eigenvalue weighted by Crippen LogP contribution is 2.37. The molecule has 22 nitrogen and oxygen atoms in total. The van der Waals surface area contributed by atoms with Crippen molar-refractivity contribution in [1.82, 2.24) is 29.9 Å². The lowest BCUT2D eigenvalue weighted by atomic mass is 10.1. The number of ether oxygens (including phenoxy) is 5. The molecule has 0 saturated carbocycles. The Morgan fingerprint density at radius 2 is 0.943 bits per heavy atom. The third kappa shape index (κ3) is 18.2. The molecule has 9 rings (SSSR count). The van der Waals surface area contributed by atoms with Crippen LogP contribution in [-0.2, 0) is 14.4 Å². The van der Waals surface area contributed by atoms with Crippen LogP contribution in [0.15, 0.2) is 184 Å². The summed E-state index contributed by atoms with van der Waals surface area (Å²) in [7, 11) is 6.41. The number of hydrogen-bond donors (Lipinski definition) is 8. The van der Waals surface area contributed by atoms with Crippen LogP contribution in [-0.4, -0.2) is 76.1 Å². The third-order valence-corrected chi connectivity index (χ3v) is 12.6. The van der Waals surface area contributed by atoms with Crippen molar-refractivity contribution in [2.45, 2.75) is 27.7 Å². The summed E-state index contributed by atoms with van der Waals surface area (Å²) in [5, 5.41) is 24.3. The van der Waals surface area contributed by atoms with Crippen LogP contribution in [0.5, 0.6) is 34.6 Å². The van der Waals surface area contributed by atoms with Gasteiger partial charge in [0, 0.05) is 63.6 Å². The number of aromatic nitrogens is 6. The average Bonchev–Trinajstić information content (AvgIpc) is 3.57. The Bertz CT molecular complexity index is 3980. The molecular formula is C65H65ClN14O8. The molecule has 0 radical (unpaired) electrons. The number of carbonyl (C=O) groups excluding carboxylic acids is 3. The molecule has 450 valence electrons. The molecule has 9 aromatic rings. The second kappa shape index (κ2) is 31.4. The number of halogens is 1. The third-order valence-electron chi connectivity index (χ3n) is 12.3. The first-order valence-electron chi connectivity index (χ1n) is 26.8. The molecule has 0 aliphatic carbocycles. The minimum absolute atomic E-state index is 0.265. The zero-order valence-electron chi connectivity index (χ0n) is 49.5. The molecular weight excluding hydrogens is 1140 g/mol. The lowest BCUT2D eigenvalue weighted by Gasteiger charge is -2.16. The first kappa shape index (κ1) is 64.0. The smallest absolute Gasteiger partial charge is 0.247 e. The van der Waals surface area contributed by atoms with Gasteiger partial charge in [0.15, 0.2) is 5.82 Å². The summed E-state index contributed by atoms with van der Waals surface area (Å²) in [4.78, 5) is 60.9. The van der Waals surface area contributed by atoms with Crippen molar-refractivity contribution < 1.29 is 38.1 Å². The van der Waals surface area contributed by atoms with Crippen LogP contribution in [0.3, 0.4) is 0 Å². The van der Waals surface area contributed by atoms with Gasteiger partial charge in [-0.2, -0.15) is 15.0 Å². The SMILES string of the molecule is C=CC(=O)Nc1cccc(Nc2nc(Nc3ccc(C)cc3OC)ncc2C)c1.C=CC(=O)Nc1cccc(Nc2nc(Nc3ccc(OC)c(C)c3OC)ncc2Cl)c1.C=CC(=O)Nc1cccc(Oc2nc(Nc3ccccc3OC)ncc2C)c1. The van der Waals surface area contributed by atoms with E-state index < -0.39 is 0 Å². The van der Waals surface area contributed by atoms with Crippen LogP contribution in [0.2, 0.25) is 5.02 Å². The second-order valence-corrected chi connectivity index (χ2v) is 19.1. The minimum atomic E-state index is -0.299. The molecule has 3 heterocycles. The number of nitrogens with one attached hydrogen (secondary N) is 8. The summed E-state index contributed by atoms with van der Waals surface area (Å²) in [6, 6.07) is 38.5. The van der Waals surface area contributed by atoms with Crippen LogP contribution >= 0.6 is 11.6 Å². The highest BCUT2D eigenvalue weighted by atomic mass is 35.5. The number of nitrogens with zero attached hydrogens (tertiary/aromatic N) is 6. The molecule has 0 atom stereocenters. The number of methoxy groups -OCH3 is 4. The molecule has 6 aromatic carbocycles. The average molecular weight is 1210 g/mol. The van der Waals surface area contributed by atoms with Crippen molar-refractivity contribution in [2.75, 3.05) is 71.0 Å². The fourth-order valence-corrected chi connectivity index (χ4v) is 8.09. The van der Waals surface area contributed by atoms with Gasteiger partial charge in [-0.05, 0) is 136 Å². The summed E-state index contributed by atoms with van der Waals surface area (Å²) >= 11 is 6.28. The number of aryl methyl sites for hydroxylation is 3. The fraction of sp³-hybridized carbons (Fsp3) is 0.123. The molecule has 0 unspecified atom stereocenters. The van der Waals surface area contributed by atoms with Gasteiger partial charge in [0.05, 0.1) is 51.7 Å². The zero-order valence-corrected chi connectivity index (χ0v) is 50.3. The van der Waals surface area contributed by atoms with Crippen molar-refractivity contribution in [3.8, 4) is 34.6 Å². The quantitative estimate of drug-likeness (QED) is 0.0293. The van der Waals surface area contributed by atoms with E-state index in [0.717, 1.165) is 39.3 Å². The van der Waals surface area contributed by atoms with Crippen molar-refractivity contribution in [3.63, 3.8) is 0 Å². The van der Waals surface area contributed by atoms with E-state index in [4.69, 9.17) is 35.3 Å². The fourth-order valence-electron chi connectivity index (χ4n) is 7.95. The second-order valence-electron chi connectivity index (χ2n) is 18.7. The first-order chi connectivity index (χ1) is 42.5. The van der Waals surface area contributed by atoms with E-state index in [1.807, 2.05) is 107 Å². The zero-order chi connectivity index (χ0) is 63.1. The minimum Gasteiger partial charge on any atom is -0.496 e. The van der Waals surface area contributed by atoms with Gasteiger partial charge in [-0.3, -0.25) is 14.4 Å². The van der Waals surface area contributed by atoms with Gasteiger partial charge in [0.2, 0.25) is 41.4 Å². The van der Waals surface area contributed by atoms with Crippen molar-refractivity contribution in [1.29, 1.82) is 0 Å². The summed E-state index contributed by atoms with van der Waals surface area (Å²) < 4.78 is 27.5. The summed E-state index contributed by atoms with van der Waals surface area (Å²) in [6.07, 6.45) is 8.54. The first-order valence-corrected chi connectivity index (χ1v) is 27.2. The molecule has 0 fully saturated rings. The summed E-state index contributed by atoms with van der Waals surface area (Å²) in [5.41, 5.74) is 9.15. The summed E-state index contributed by atoms with van der Waals surface area (Å²) in [6.45, 7) is 18.0. The van der Waals surface area contributed by atoms with Gasteiger partial charge in [-0.15, -0.1) is 0 Å². The standard InChI is InChI=1S/C22H22ClN5O3.C22H23N5O2.C21H20N4O3/c1-5-19(29)25-14-7-6-8-15(11-14)26-21-16(23)12-24-22(28-21)27-17-9-10-18(30-3)13(2)20(17)31-4;1-5-20(28)24-16-7-6-8-17(12-16)25-21-15(3)13-23-22(27-21)26-18-10-9-14(2)11-19(18)29-4;1-4-19(26)23-15-8-7-9-16(12-15)28-20-14(2)13-22-21(25-20)24-17-10-5-6-11-18(17)27-3/h5-12H,1H2,2-4H3,(H,25,29)(H2,24,26,27,28);5-13H,1H2,2-4H3,(H,24,28)(H2,23,25,26,27);4-13H,1H2,2-3H3,(H,23,26)(H,22,24,25). The molecule has 0 spiro atoms. The highest BCUT2D eigenvalue weighted by molar-refractivity contribution is 6.33. The highest BCUT2D eigenvalue weighted by Gasteiger charge is 2.16.